The highest BCUT2D eigenvalue weighted by Gasteiger charge is 2.08. The first-order valence-corrected chi connectivity index (χ1v) is 10.6. The van der Waals surface area contributed by atoms with Gasteiger partial charge in [-0.15, -0.1) is 10.2 Å². The molecule has 5 nitrogen and oxygen atoms in total. The van der Waals surface area contributed by atoms with Crippen molar-refractivity contribution in [2.45, 2.75) is 23.9 Å². The van der Waals surface area contributed by atoms with Gasteiger partial charge >= 0.3 is 0 Å². The van der Waals surface area contributed by atoms with Gasteiger partial charge in [0.25, 0.3) is 5.91 Å². The lowest BCUT2D eigenvalue weighted by atomic mass is 10.1. The monoisotopic (exact) mass is 398 g/mol. The van der Waals surface area contributed by atoms with Crippen molar-refractivity contribution in [2.75, 3.05) is 17.2 Å². The molecule has 1 heterocycles. The number of carbonyl (C=O) groups excluding carboxylic acids is 1. The number of carbonyl (C=O) groups is 1. The van der Waals surface area contributed by atoms with Crippen molar-refractivity contribution in [1.82, 2.24) is 10.2 Å². The van der Waals surface area contributed by atoms with Crippen molar-refractivity contribution in [2.24, 2.45) is 5.92 Å². The van der Waals surface area contributed by atoms with Gasteiger partial charge in [-0.25, -0.2) is 0 Å². The van der Waals surface area contributed by atoms with Gasteiger partial charge in [-0.2, -0.15) is 0 Å². The molecule has 0 spiro atoms. The molecule has 0 fully saturated rings. The Bertz CT molecular complexity index is 863. The van der Waals surface area contributed by atoms with E-state index in [0.717, 1.165) is 33.0 Å². The van der Waals surface area contributed by atoms with Gasteiger partial charge in [0.15, 0.2) is 4.34 Å². The third-order valence-electron chi connectivity index (χ3n) is 3.68. The number of aromatic nitrogens is 2. The smallest absolute Gasteiger partial charge is 0.255 e. The molecule has 0 bridgehead atoms. The number of hydrogen-bond donors (Lipinski definition) is 2. The predicted molar refractivity (Wildman–Crippen MR) is 114 cm³/mol. The maximum Gasteiger partial charge on any atom is 0.255 e. The summed E-state index contributed by atoms with van der Waals surface area (Å²) in [6, 6.07) is 17.1. The summed E-state index contributed by atoms with van der Waals surface area (Å²) in [4.78, 5) is 12.3. The number of para-hydroxylation sites is 1. The summed E-state index contributed by atoms with van der Waals surface area (Å²) in [7, 11) is 0. The van der Waals surface area contributed by atoms with Crippen molar-refractivity contribution in [3.05, 3.63) is 65.7 Å². The van der Waals surface area contributed by atoms with Crippen molar-refractivity contribution in [3.63, 3.8) is 0 Å². The molecule has 0 radical (unpaired) electrons. The molecule has 140 valence electrons. The predicted octanol–water partition coefficient (Wildman–Crippen LogP) is 5.15. The Morgan fingerprint density at radius 1 is 1.07 bits per heavy atom. The normalized spacial score (nSPS) is 10.8. The van der Waals surface area contributed by atoms with E-state index in [1.54, 1.807) is 23.1 Å². The molecule has 1 aromatic heterocycles. The van der Waals surface area contributed by atoms with E-state index in [0.29, 0.717) is 11.5 Å². The number of benzene rings is 2. The molecule has 0 aliphatic carbocycles. The molecule has 27 heavy (non-hydrogen) atoms. The largest absolute Gasteiger partial charge is 0.360 e. The third kappa shape index (κ3) is 6.08. The SMILES string of the molecule is CC(C)CNc1nnc(SCc2ccc(C(=O)Nc3ccccc3)cc2)s1. The van der Waals surface area contributed by atoms with E-state index in [4.69, 9.17) is 0 Å². The number of anilines is 2. The van der Waals surface area contributed by atoms with Crippen LogP contribution in [0.4, 0.5) is 10.8 Å². The summed E-state index contributed by atoms with van der Waals surface area (Å²) in [6.45, 7) is 5.22. The van der Waals surface area contributed by atoms with Gasteiger partial charge in [0.1, 0.15) is 0 Å². The van der Waals surface area contributed by atoms with E-state index in [9.17, 15) is 4.79 Å². The summed E-state index contributed by atoms with van der Waals surface area (Å²) >= 11 is 3.22. The van der Waals surface area contributed by atoms with Crippen molar-refractivity contribution >= 4 is 39.8 Å². The molecule has 0 unspecified atom stereocenters. The van der Waals surface area contributed by atoms with Gasteiger partial charge < -0.3 is 10.6 Å². The standard InChI is InChI=1S/C20H22N4OS2/c1-14(2)12-21-19-23-24-20(27-19)26-13-15-8-10-16(11-9-15)18(25)22-17-6-4-3-5-7-17/h3-11,14H,12-13H2,1-2H3,(H,21,23)(H,22,25). The molecular weight excluding hydrogens is 376 g/mol. The zero-order valence-corrected chi connectivity index (χ0v) is 16.9. The maximum atomic E-state index is 12.3. The molecule has 0 saturated heterocycles. The highest BCUT2D eigenvalue weighted by atomic mass is 32.2. The van der Waals surface area contributed by atoms with E-state index in [1.807, 2.05) is 54.6 Å². The van der Waals surface area contributed by atoms with Crippen LogP contribution in [0.5, 0.6) is 0 Å². The second-order valence-corrected chi connectivity index (χ2v) is 8.65. The highest BCUT2D eigenvalue weighted by molar-refractivity contribution is 8.00. The molecule has 3 rings (SSSR count). The van der Waals surface area contributed by atoms with Crippen LogP contribution >= 0.6 is 23.1 Å². The van der Waals surface area contributed by atoms with Crippen LogP contribution in [0.15, 0.2) is 58.9 Å². The van der Waals surface area contributed by atoms with Crippen LogP contribution in [0.2, 0.25) is 0 Å². The van der Waals surface area contributed by atoms with E-state index in [-0.39, 0.29) is 5.91 Å². The average Bonchev–Trinajstić information content (AvgIpc) is 3.14. The molecule has 2 aromatic carbocycles. The first kappa shape index (κ1) is 19.4. The quantitative estimate of drug-likeness (QED) is 0.514. The second-order valence-electron chi connectivity index (χ2n) is 6.45. The molecule has 0 saturated carbocycles. The summed E-state index contributed by atoms with van der Waals surface area (Å²) in [5.74, 6) is 1.26. The second kappa shape index (κ2) is 9.53. The van der Waals surface area contributed by atoms with Gasteiger partial charge in [0, 0.05) is 23.5 Å². The molecule has 2 N–H and O–H groups in total. The minimum absolute atomic E-state index is 0.106. The van der Waals surface area contributed by atoms with Gasteiger partial charge in [0.2, 0.25) is 5.13 Å². The Hall–Kier alpha value is -2.38. The van der Waals surface area contributed by atoms with Crippen LogP contribution in [0.3, 0.4) is 0 Å². The molecule has 7 heteroatoms. The molecule has 0 aliphatic heterocycles. The van der Waals surface area contributed by atoms with Crippen molar-refractivity contribution in [1.29, 1.82) is 0 Å². The fourth-order valence-electron chi connectivity index (χ4n) is 2.25. The first-order valence-electron chi connectivity index (χ1n) is 8.75. The fourth-order valence-corrected chi connectivity index (χ4v) is 3.97. The van der Waals surface area contributed by atoms with E-state index in [1.165, 1.54) is 0 Å². The van der Waals surface area contributed by atoms with Crippen LogP contribution in [0.25, 0.3) is 0 Å². The van der Waals surface area contributed by atoms with Gasteiger partial charge in [0.05, 0.1) is 0 Å². The average molecular weight is 399 g/mol. The topological polar surface area (TPSA) is 66.9 Å². The summed E-state index contributed by atoms with van der Waals surface area (Å²) in [5, 5.41) is 15.4. The minimum atomic E-state index is -0.106. The number of rotatable bonds is 8. The molecule has 0 atom stereocenters. The number of hydrogen-bond acceptors (Lipinski definition) is 6. The number of thioether (sulfide) groups is 1. The lowest BCUT2D eigenvalue weighted by Gasteiger charge is -2.06. The van der Waals surface area contributed by atoms with Crippen LogP contribution < -0.4 is 10.6 Å². The van der Waals surface area contributed by atoms with Crippen molar-refractivity contribution < 1.29 is 4.79 Å². The Labute approximate surface area is 167 Å². The number of nitrogens with zero attached hydrogens (tertiary/aromatic N) is 2. The maximum absolute atomic E-state index is 12.3. The summed E-state index contributed by atoms with van der Waals surface area (Å²) < 4.78 is 0.937. The lowest BCUT2D eigenvalue weighted by Crippen LogP contribution is -2.11. The number of nitrogens with one attached hydrogen (secondary N) is 2. The zero-order chi connectivity index (χ0) is 19.1. The molecular formula is C20H22N4OS2. The van der Waals surface area contributed by atoms with Crippen LogP contribution in [0, 0.1) is 5.92 Å². The van der Waals surface area contributed by atoms with E-state index >= 15 is 0 Å². The van der Waals surface area contributed by atoms with Crippen LogP contribution in [-0.2, 0) is 5.75 Å². The third-order valence-corrected chi connectivity index (χ3v) is 5.76. The molecule has 0 aliphatic rings. The van der Waals surface area contributed by atoms with Gasteiger partial charge in [-0.3, -0.25) is 4.79 Å². The zero-order valence-electron chi connectivity index (χ0n) is 15.3. The number of amides is 1. The molecule has 3 aromatic rings. The Balaban J connectivity index is 1.51. The van der Waals surface area contributed by atoms with Gasteiger partial charge in [-0.05, 0) is 35.7 Å². The minimum Gasteiger partial charge on any atom is -0.360 e. The van der Waals surface area contributed by atoms with E-state index in [2.05, 4.69) is 34.7 Å². The summed E-state index contributed by atoms with van der Waals surface area (Å²) in [5.41, 5.74) is 2.58. The Kier molecular flexibility index (Phi) is 6.84. The first-order chi connectivity index (χ1) is 13.1. The molecule has 1 amide bonds. The fraction of sp³-hybridized carbons (Fsp3) is 0.250. The lowest BCUT2D eigenvalue weighted by molar-refractivity contribution is 0.102. The van der Waals surface area contributed by atoms with Crippen LogP contribution in [-0.4, -0.2) is 22.6 Å². The van der Waals surface area contributed by atoms with Gasteiger partial charge in [-0.1, -0.05) is 67.3 Å². The summed E-state index contributed by atoms with van der Waals surface area (Å²) in [6.07, 6.45) is 0. The Morgan fingerprint density at radius 2 is 1.81 bits per heavy atom. The van der Waals surface area contributed by atoms with E-state index < -0.39 is 0 Å². The Morgan fingerprint density at radius 3 is 2.52 bits per heavy atom. The van der Waals surface area contributed by atoms with Crippen LogP contribution in [0.1, 0.15) is 29.8 Å². The van der Waals surface area contributed by atoms with Crippen molar-refractivity contribution in [3.8, 4) is 0 Å². The highest BCUT2D eigenvalue weighted by Crippen LogP contribution is 2.28.